The summed E-state index contributed by atoms with van der Waals surface area (Å²) in [6, 6.07) is 9.08. The van der Waals surface area contributed by atoms with Crippen LogP contribution in [0.2, 0.25) is 0 Å². The van der Waals surface area contributed by atoms with Crippen molar-refractivity contribution in [2.45, 2.75) is 23.8 Å². The van der Waals surface area contributed by atoms with Crippen molar-refractivity contribution >= 4 is 11.4 Å². The van der Waals surface area contributed by atoms with Gasteiger partial charge in [-0.1, -0.05) is 18.2 Å². The Hall–Kier alpha value is -0.580. The van der Waals surface area contributed by atoms with Gasteiger partial charge in [-0.2, -0.15) is 0 Å². The fraction of sp³-hybridized carbons (Fsp3) is 0.455. The maximum atomic E-state index is 12.6. The van der Waals surface area contributed by atoms with Gasteiger partial charge in [0.2, 0.25) is 0 Å². The van der Waals surface area contributed by atoms with Crippen molar-refractivity contribution in [3.8, 4) is 0 Å². The van der Waals surface area contributed by atoms with Crippen LogP contribution < -0.4 is 0 Å². The molecule has 0 spiro atoms. The molecule has 2 rings (SSSR count). The molecule has 0 bridgehead atoms. The summed E-state index contributed by atoms with van der Waals surface area (Å²) < 4.78 is 26.5. The van der Waals surface area contributed by atoms with E-state index in [0.29, 0.717) is 0 Å². The maximum absolute atomic E-state index is 12.6. The zero-order valence-corrected chi connectivity index (χ0v) is 9.25. The molecule has 15 heavy (non-hydrogen) atoms. The molecule has 1 aromatic rings. The van der Waals surface area contributed by atoms with Crippen molar-refractivity contribution in [1.82, 2.24) is 4.31 Å². The van der Waals surface area contributed by atoms with Crippen molar-refractivity contribution in [3.05, 3.63) is 30.3 Å². The van der Waals surface area contributed by atoms with Crippen LogP contribution in [0.3, 0.4) is 0 Å². The normalized spacial score (nSPS) is 24.3. The highest BCUT2D eigenvalue weighted by atomic mass is 32.2. The predicted molar refractivity (Wildman–Crippen MR) is 58.6 cm³/mol. The minimum absolute atomic E-state index is 0.161. The van der Waals surface area contributed by atoms with E-state index in [0.717, 1.165) is 24.3 Å². The van der Waals surface area contributed by atoms with Crippen LogP contribution in [0.1, 0.15) is 12.8 Å². The van der Waals surface area contributed by atoms with Gasteiger partial charge in [0.05, 0.1) is 17.4 Å². The molecule has 1 aliphatic rings. The van der Waals surface area contributed by atoms with E-state index in [1.165, 1.54) is 0 Å². The third kappa shape index (κ3) is 2.33. The molecule has 4 heteroatoms. The van der Waals surface area contributed by atoms with Gasteiger partial charge < -0.3 is 4.55 Å². The second-order valence-electron chi connectivity index (χ2n) is 3.65. The minimum Gasteiger partial charge on any atom is -0.593 e. The number of nitrogens with zero attached hydrogens (tertiary/aromatic N) is 1. The van der Waals surface area contributed by atoms with E-state index >= 15 is 0 Å². The number of hydrogen-bond acceptors (Lipinski definition) is 2. The quantitative estimate of drug-likeness (QED) is 0.739. The first-order valence-corrected chi connectivity index (χ1v) is 6.23. The molecule has 1 heterocycles. The van der Waals surface area contributed by atoms with Crippen LogP contribution in [0.4, 0.5) is 4.39 Å². The Morgan fingerprint density at radius 2 is 2.13 bits per heavy atom. The summed E-state index contributed by atoms with van der Waals surface area (Å²) in [6.07, 6.45) is 1.75. The van der Waals surface area contributed by atoms with Crippen LogP contribution in [0.5, 0.6) is 0 Å². The van der Waals surface area contributed by atoms with Crippen molar-refractivity contribution in [3.63, 3.8) is 0 Å². The SMILES string of the molecule is [O-][S+](c1ccccc1)N1CCCC1CF. The molecule has 0 aliphatic carbocycles. The average molecular weight is 227 g/mol. The summed E-state index contributed by atoms with van der Waals surface area (Å²) in [4.78, 5) is 0.762. The van der Waals surface area contributed by atoms with Crippen LogP contribution in [-0.2, 0) is 11.4 Å². The van der Waals surface area contributed by atoms with Crippen LogP contribution in [-0.4, -0.2) is 28.1 Å². The lowest BCUT2D eigenvalue weighted by Crippen LogP contribution is -2.36. The molecule has 82 valence electrons. The lowest BCUT2D eigenvalue weighted by molar-refractivity contribution is 0.311. The van der Waals surface area contributed by atoms with Crippen LogP contribution in [0.15, 0.2) is 35.2 Å². The molecule has 1 saturated heterocycles. The van der Waals surface area contributed by atoms with E-state index in [4.69, 9.17) is 0 Å². The van der Waals surface area contributed by atoms with Crippen molar-refractivity contribution in [2.24, 2.45) is 0 Å². The van der Waals surface area contributed by atoms with Gasteiger partial charge in [-0.05, 0) is 25.0 Å². The predicted octanol–water partition coefficient (Wildman–Crippen LogP) is 2.14. The van der Waals surface area contributed by atoms with Gasteiger partial charge in [-0.3, -0.25) is 0 Å². The van der Waals surface area contributed by atoms with E-state index < -0.39 is 18.0 Å². The first-order chi connectivity index (χ1) is 7.33. The number of rotatable bonds is 3. The van der Waals surface area contributed by atoms with Crippen LogP contribution in [0.25, 0.3) is 0 Å². The van der Waals surface area contributed by atoms with E-state index in [1.807, 2.05) is 30.3 Å². The Bertz CT molecular complexity index is 309. The Morgan fingerprint density at radius 3 is 2.80 bits per heavy atom. The summed E-state index contributed by atoms with van der Waals surface area (Å²) >= 11 is -1.20. The smallest absolute Gasteiger partial charge is 0.174 e. The molecule has 0 saturated carbocycles. The first kappa shape index (κ1) is 10.9. The molecule has 0 radical (unpaired) electrons. The minimum atomic E-state index is -1.20. The summed E-state index contributed by atoms with van der Waals surface area (Å²) in [5.74, 6) is 0. The maximum Gasteiger partial charge on any atom is 0.174 e. The van der Waals surface area contributed by atoms with E-state index in [2.05, 4.69) is 0 Å². The fourth-order valence-electron chi connectivity index (χ4n) is 1.85. The number of benzene rings is 1. The largest absolute Gasteiger partial charge is 0.593 e. The monoisotopic (exact) mass is 227 g/mol. The highest BCUT2D eigenvalue weighted by Gasteiger charge is 2.34. The Balaban J connectivity index is 2.10. The number of halogens is 1. The summed E-state index contributed by atoms with van der Waals surface area (Å²) in [5.41, 5.74) is 0. The second-order valence-corrected chi connectivity index (χ2v) is 5.09. The number of alkyl halides is 1. The molecule has 1 fully saturated rings. The third-order valence-corrected chi connectivity index (χ3v) is 4.24. The molecule has 0 N–H and O–H groups in total. The third-order valence-electron chi connectivity index (χ3n) is 2.66. The average Bonchev–Trinajstić information content (AvgIpc) is 2.77. The lowest BCUT2D eigenvalue weighted by atomic mass is 10.2. The highest BCUT2D eigenvalue weighted by Crippen LogP contribution is 2.25. The summed E-state index contributed by atoms with van der Waals surface area (Å²) in [5, 5.41) is 0. The molecule has 2 unspecified atom stereocenters. The Kier molecular flexibility index (Phi) is 3.61. The summed E-state index contributed by atoms with van der Waals surface area (Å²) in [6.45, 7) is 0.328. The van der Waals surface area contributed by atoms with Gasteiger partial charge in [0.1, 0.15) is 6.67 Å². The topological polar surface area (TPSA) is 26.3 Å². The van der Waals surface area contributed by atoms with Gasteiger partial charge in [0.15, 0.2) is 4.90 Å². The molecule has 1 aromatic carbocycles. The molecule has 2 nitrogen and oxygen atoms in total. The standard InChI is InChI=1S/C11H14FNOS/c12-9-10-5-4-8-13(10)15(14)11-6-2-1-3-7-11/h1-3,6-7,10H,4-5,8-9H2. The zero-order chi connectivity index (χ0) is 10.7. The molecular weight excluding hydrogens is 213 g/mol. The van der Waals surface area contributed by atoms with Gasteiger partial charge >= 0.3 is 0 Å². The van der Waals surface area contributed by atoms with Crippen molar-refractivity contribution in [1.29, 1.82) is 0 Å². The van der Waals surface area contributed by atoms with Gasteiger partial charge in [-0.15, -0.1) is 4.31 Å². The van der Waals surface area contributed by atoms with Crippen LogP contribution in [0, 0.1) is 0 Å². The highest BCUT2D eigenvalue weighted by molar-refractivity contribution is 7.89. The zero-order valence-electron chi connectivity index (χ0n) is 8.43. The fourth-order valence-corrected chi connectivity index (χ4v) is 3.24. The Morgan fingerprint density at radius 1 is 1.40 bits per heavy atom. The lowest BCUT2D eigenvalue weighted by Gasteiger charge is -2.23. The Labute approximate surface area is 92.4 Å². The van der Waals surface area contributed by atoms with E-state index in [-0.39, 0.29) is 6.04 Å². The van der Waals surface area contributed by atoms with E-state index in [9.17, 15) is 8.94 Å². The second kappa shape index (κ2) is 4.96. The van der Waals surface area contributed by atoms with E-state index in [1.54, 1.807) is 4.31 Å². The number of hydrogen-bond donors (Lipinski definition) is 0. The molecule has 0 aromatic heterocycles. The van der Waals surface area contributed by atoms with Crippen molar-refractivity contribution < 1.29 is 8.94 Å². The van der Waals surface area contributed by atoms with Crippen LogP contribution >= 0.6 is 0 Å². The van der Waals surface area contributed by atoms with Gasteiger partial charge in [0.25, 0.3) is 0 Å². The van der Waals surface area contributed by atoms with Gasteiger partial charge in [0, 0.05) is 6.54 Å². The molecule has 2 atom stereocenters. The van der Waals surface area contributed by atoms with Crippen molar-refractivity contribution in [2.75, 3.05) is 13.2 Å². The molecule has 0 amide bonds. The first-order valence-electron chi connectivity index (χ1n) is 5.12. The van der Waals surface area contributed by atoms with Gasteiger partial charge in [-0.25, -0.2) is 4.39 Å². The summed E-state index contributed by atoms with van der Waals surface area (Å²) in [7, 11) is 0. The molecule has 1 aliphatic heterocycles. The molecular formula is C11H14FNOS.